The van der Waals surface area contributed by atoms with Crippen LogP contribution in [0.3, 0.4) is 0 Å². The number of urea groups is 1. The summed E-state index contributed by atoms with van der Waals surface area (Å²) in [6.07, 6.45) is 2.45. The summed E-state index contributed by atoms with van der Waals surface area (Å²) in [5.74, 6) is -0.199. The van der Waals surface area contributed by atoms with Gasteiger partial charge in [0.1, 0.15) is 9.75 Å². The van der Waals surface area contributed by atoms with Crippen LogP contribution in [0.2, 0.25) is 0 Å². The highest BCUT2D eigenvalue weighted by molar-refractivity contribution is 7.91. The molecule has 0 aliphatic carbocycles. The van der Waals surface area contributed by atoms with Crippen molar-refractivity contribution in [2.75, 3.05) is 32.8 Å². The minimum absolute atomic E-state index is 0.194. The number of thiophene rings is 1. The predicted molar refractivity (Wildman–Crippen MR) is 103 cm³/mol. The molecular formula is C17H26N4O4S2. The van der Waals surface area contributed by atoms with Crippen LogP contribution in [0.4, 0.5) is 4.79 Å². The lowest BCUT2D eigenvalue weighted by atomic mass is 9.95. The molecule has 1 N–H and O–H groups in total. The van der Waals surface area contributed by atoms with Crippen LogP contribution < -0.4 is 5.32 Å². The van der Waals surface area contributed by atoms with Gasteiger partial charge < -0.3 is 5.32 Å². The highest BCUT2D eigenvalue weighted by atomic mass is 32.2. The average Bonchev–Trinajstić information content (AvgIpc) is 3.25. The average molecular weight is 415 g/mol. The van der Waals surface area contributed by atoms with Crippen molar-refractivity contribution in [3.8, 4) is 0 Å². The maximum absolute atomic E-state index is 12.7. The standard InChI is InChI=1S/C17H26N4O4S2/c1-3-4-7-17(2)15(22)21(16(23)18-17)13-19-8-10-20(11-9-19)27(24,25)14-6-5-12-26-14/h5-6,12H,3-4,7-11,13H2,1-2H3,(H,18,23)/t17-/m0/s1. The van der Waals surface area contributed by atoms with Crippen LogP contribution in [0, 0.1) is 0 Å². The van der Waals surface area contributed by atoms with E-state index in [1.165, 1.54) is 20.5 Å². The van der Waals surface area contributed by atoms with Gasteiger partial charge in [-0.1, -0.05) is 25.8 Å². The van der Waals surface area contributed by atoms with E-state index in [-0.39, 0.29) is 18.6 Å². The summed E-state index contributed by atoms with van der Waals surface area (Å²) in [6.45, 7) is 5.66. The van der Waals surface area contributed by atoms with Crippen molar-refractivity contribution in [1.82, 2.24) is 19.4 Å². The summed E-state index contributed by atoms with van der Waals surface area (Å²) in [5, 5.41) is 4.56. The lowest BCUT2D eigenvalue weighted by Gasteiger charge is -2.35. The number of hydrogen-bond acceptors (Lipinski definition) is 6. The summed E-state index contributed by atoms with van der Waals surface area (Å²) < 4.78 is 27.0. The van der Waals surface area contributed by atoms with Crippen molar-refractivity contribution in [1.29, 1.82) is 0 Å². The number of imide groups is 1. The molecule has 0 radical (unpaired) electrons. The van der Waals surface area contributed by atoms with Crippen molar-refractivity contribution < 1.29 is 18.0 Å². The van der Waals surface area contributed by atoms with E-state index in [1.807, 2.05) is 11.8 Å². The molecule has 2 saturated heterocycles. The van der Waals surface area contributed by atoms with Crippen molar-refractivity contribution in [2.24, 2.45) is 0 Å². The Hall–Kier alpha value is -1.49. The van der Waals surface area contributed by atoms with Gasteiger partial charge in [0.2, 0.25) is 0 Å². The van der Waals surface area contributed by atoms with Crippen LogP contribution in [-0.4, -0.2) is 72.8 Å². The maximum Gasteiger partial charge on any atom is 0.326 e. The Kier molecular flexibility index (Phi) is 5.90. The van der Waals surface area contributed by atoms with Crippen molar-refractivity contribution in [3.05, 3.63) is 17.5 Å². The van der Waals surface area contributed by atoms with Crippen molar-refractivity contribution >= 4 is 33.3 Å². The summed E-state index contributed by atoms with van der Waals surface area (Å²) in [4.78, 5) is 28.2. The molecule has 1 aromatic heterocycles. The third-order valence-electron chi connectivity index (χ3n) is 5.14. The monoisotopic (exact) mass is 414 g/mol. The number of unbranched alkanes of at least 4 members (excludes halogenated alkanes) is 1. The zero-order valence-electron chi connectivity index (χ0n) is 15.7. The highest BCUT2D eigenvalue weighted by Gasteiger charge is 2.47. The van der Waals surface area contributed by atoms with Gasteiger partial charge in [0, 0.05) is 26.2 Å². The zero-order valence-corrected chi connectivity index (χ0v) is 17.3. The van der Waals surface area contributed by atoms with Crippen LogP contribution >= 0.6 is 11.3 Å². The highest BCUT2D eigenvalue weighted by Crippen LogP contribution is 2.25. The van der Waals surface area contributed by atoms with Gasteiger partial charge in [-0.25, -0.2) is 18.1 Å². The normalized spacial score (nSPS) is 25.2. The Bertz CT molecular complexity index is 788. The quantitative estimate of drug-likeness (QED) is 0.683. The van der Waals surface area contributed by atoms with E-state index in [9.17, 15) is 18.0 Å². The third-order valence-corrected chi connectivity index (χ3v) is 8.41. The molecule has 10 heteroatoms. The summed E-state index contributed by atoms with van der Waals surface area (Å²) in [6, 6.07) is 2.96. The van der Waals surface area contributed by atoms with Gasteiger partial charge in [-0.2, -0.15) is 4.31 Å². The van der Waals surface area contributed by atoms with Gasteiger partial charge in [-0.3, -0.25) is 9.69 Å². The molecule has 150 valence electrons. The minimum atomic E-state index is -3.45. The molecule has 8 nitrogen and oxygen atoms in total. The van der Waals surface area contributed by atoms with Crippen LogP contribution in [0.15, 0.2) is 21.7 Å². The molecule has 0 aromatic carbocycles. The van der Waals surface area contributed by atoms with Gasteiger partial charge in [0.25, 0.3) is 15.9 Å². The summed E-state index contributed by atoms with van der Waals surface area (Å²) >= 11 is 1.21. The Morgan fingerprint density at radius 2 is 1.93 bits per heavy atom. The number of amides is 3. The Morgan fingerprint density at radius 3 is 2.52 bits per heavy atom. The lowest BCUT2D eigenvalue weighted by molar-refractivity contribution is -0.132. The molecule has 0 spiro atoms. The fourth-order valence-electron chi connectivity index (χ4n) is 3.42. The first-order valence-corrected chi connectivity index (χ1v) is 11.5. The maximum atomic E-state index is 12.7. The van der Waals surface area contributed by atoms with E-state index >= 15 is 0 Å². The van der Waals surface area contributed by atoms with Crippen LogP contribution in [0.5, 0.6) is 0 Å². The van der Waals surface area contributed by atoms with E-state index in [1.54, 1.807) is 24.4 Å². The molecule has 3 heterocycles. The number of carbonyl (C=O) groups excluding carboxylic acids is 2. The number of hydrogen-bond donors (Lipinski definition) is 1. The second-order valence-electron chi connectivity index (χ2n) is 7.19. The van der Waals surface area contributed by atoms with Gasteiger partial charge >= 0.3 is 6.03 Å². The van der Waals surface area contributed by atoms with Crippen LogP contribution in [0.1, 0.15) is 33.1 Å². The molecule has 0 saturated carbocycles. The molecular weight excluding hydrogens is 388 g/mol. The third kappa shape index (κ3) is 4.03. The number of rotatable bonds is 7. The van der Waals surface area contributed by atoms with Gasteiger partial charge in [-0.15, -0.1) is 11.3 Å². The van der Waals surface area contributed by atoms with E-state index < -0.39 is 15.6 Å². The van der Waals surface area contributed by atoms with E-state index in [0.29, 0.717) is 36.8 Å². The molecule has 2 aliphatic heterocycles. The Balaban J connectivity index is 1.58. The second kappa shape index (κ2) is 7.86. The first kappa shape index (κ1) is 20.2. The number of piperazine rings is 1. The minimum Gasteiger partial charge on any atom is -0.323 e. The topological polar surface area (TPSA) is 90.0 Å². The van der Waals surface area contributed by atoms with E-state index in [2.05, 4.69) is 5.32 Å². The number of carbonyl (C=O) groups is 2. The first-order chi connectivity index (χ1) is 12.8. The fraction of sp³-hybridized carbons (Fsp3) is 0.647. The van der Waals surface area contributed by atoms with Crippen molar-refractivity contribution in [3.63, 3.8) is 0 Å². The molecule has 2 fully saturated rings. The second-order valence-corrected chi connectivity index (χ2v) is 10.3. The number of sulfonamides is 1. The van der Waals surface area contributed by atoms with Gasteiger partial charge in [0.15, 0.2) is 0 Å². The smallest absolute Gasteiger partial charge is 0.323 e. The summed E-state index contributed by atoms with van der Waals surface area (Å²) in [7, 11) is -3.45. The zero-order chi connectivity index (χ0) is 19.7. The predicted octanol–water partition coefficient (Wildman–Crippen LogP) is 1.51. The Morgan fingerprint density at radius 1 is 1.22 bits per heavy atom. The molecule has 3 amide bonds. The van der Waals surface area contributed by atoms with E-state index in [4.69, 9.17) is 0 Å². The van der Waals surface area contributed by atoms with Crippen molar-refractivity contribution in [2.45, 2.75) is 42.9 Å². The molecule has 2 aliphatic rings. The molecule has 0 unspecified atom stereocenters. The first-order valence-electron chi connectivity index (χ1n) is 9.18. The Labute approximate surface area is 164 Å². The lowest BCUT2D eigenvalue weighted by Crippen LogP contribution is -2.52. The largest absolute Gasteiger partial charge is 0.326 e. The van der Waals surface area contributed by atoms with Crippen LogP contribution in [0.25, 0.3) is 0 Å². The van der Waals surface area contributed by atoms with Gasteiger partial charge in [-0.05, 0) is 24.8 Å². The van der Waals surface area contributed by atoms with E-state index in [0.717, 1.165) is 12.8 Å². The SMILES string of the molecule is CCCC[C@]1(C)NC(=O)N(CN2CCN(S(=O)(=O)c3cccs3)CC2)C1=O. The molecule has 1 atom stereocenters. The molecule has 1 aromatic rings. The van der Waals surface area contributed by atoms with Crippen LogP contribution in [-0.2, 0) is 14.8 Å². The fourth-order valence-corrected chi connectivity index (χ4v) is 5.99. The molecule has 0 bridgehead atoms. The molecule has 27 heavy (non-hydrogen) atoms. The number of nitrogens with one attached hydrogen (secondary N) is 1. The number of nitrogens with zero attached hydrogens (tertiary/aromatic N) is 3. The summed E-state index contributed by atoms with van der Waals surface area (Å²) in [5.41, 5.74) is -0.836. The van der Waals surface area contributed by atoms with Gasteiger partial charge in [0.05, 0.1) is 6.67 Å². The molecule has 3 rings (SSSR count).